The third kappa shape index (κ3) is 3.67. The topological polar surface area (TPSA) is 37.8 Å². The number of aromatic nitrogens is 2. The predicted molar refractivity (Wildman–Crippen MR) is 55.0 cm³/mol. The Morgan fingerprint density at radius 1 is 1.44 bits per heavy atom. The van der Waals surface area contributed by atoms with Gasteiger partial charge in [-0.25, -0.2) is 9.97 Å². The van der Waals surface area contributed by atoms with E-state index in [-0.39, 0.29) is 5.95 Å². The van der Waals surface area contributed by atoms with Crippen LogP contribution in [0, 0.1) is 5.92 Å². The van der Waals surface area contributed by atoms with Crippen molar-refractivity contribution in [3.8, 4) is 0 Å². The number of nitrogens with zero attached hydrogens (tertiary/aromatic N) is 2. The normalized spacial score (nSPS) is 13.6. The first-order chi connectivity index (χ1) is 7.43. The molecule has 1 N–H and O–H groups in total. The summed E-state index contributed by atoms with van der Waals surface area (Å²) in [5.41, 5.74) is -0.922. The van der Waals surface area contributed by atoms with Crippen LogP contribution in [-0.4, -0.2) is 16.5 Å². The van der Waals surface area contributed by atoms with Gasteiger partial charge in [0.05, 0.1) is 0 Å². The van der Waals surface area contributed by atoms with E-state index in [1.54, 1.807) is 0 Å². The molecule has 90 valence electrons. The van der Waals surface area contributed by atoms with E-state index >= 15 is 0 Å². The highest BCUT2D eigenvalue weighted by molar-refractivity contribution is 5.25. The molecule has 16 heavy (non-hydrogen) atoms. The molecule has 0 saturated heterocycles. The molecule has 1 heterocycles. The zero-order valence-corrected chi connectivity index (χ0v) is 9.17. The Labute approximate surface area is 92.1 Å². The van der Waals surface area contributed by atoms with Crippen molar-refractivity contribution < 1.29 is 13.2 Å². The molecule has 0 bridgehead atoms. The van der Waals surface area contributed by atoms with Crippen LogP contribution >= 0.6 is 0 Å². The van der Waals surface area contributed by atoms with E-state index in [0.717, 1.165) is 18.7 Å². The Balaban J connectivity index is 2.68. The average Bonchev–Trinajstić information content (AvgIpc) is 2.25. The molecule has 1 aromatic rings. The summed E-state index contributed by atoms with van der Waals surface area (Å²) in [5.74, 6) is 0.397. The molecule has 0 radical (unpaired) electrons. The van der Waals surface area contributed by atoms with Crippen molar-refractivity contribution in [1.82, 2.24) is 9.97 Å². The second-order valence-corrected chi connectivity index (χ2v) is 3.66. The maximum absolute atomic E-state index is 12.3. The van der Waals surface area contributed by atoms with Crippen LogP contribution in [0.2, 0.25) is 0 Å². The van der Waals surface area contributed by atoms with E-state index in [1.807, 2.05) is 13.8 Å². The molecule has 6 heteroatoms. The van der Waals surface area contributed by atoms with Crippen molar-refractivity contribution in [3.05, 3.63) is 18.0 Å². The van der Waals surface area contributed by atoms with Crippen molar-refractivity contribution in [2.45, 2.75) is 26.4 Å². The monoisotopic (exact) mass is 233 g/mol. The molecule has 0 spiro atoms. The molecule has 0 aliphatic rings. The number of alkyl halides is 3. The summed E-state index contributed by atoms with van der Waals surface area (Å²) in [4.78, 5) is 7.14. The van der Waals surface area contributed by atoms with Crippen molar-refractivity contribution >= 4 is 5.95 Å². The van der Waals surface area contributed by atoms with Gasteiger partial charge < -0.3 is 5.32 Å². The quantitative estimate of drug-likeness (QED) is 0.868. The van der Waals surface area contributed by atoms with Crippen LogP contribution < -0.4 is 5.32 Å². The number of nitrogens with one attached hydrogen (secondary N) is 1. The molecular weight excluding hydrogens is 219 g/mol. The molecule has 0 fully saturated rings. The minimum Gasteiger partial charge on any atom is -0.354 e. The lowest BCUT2D eigenvalue weighted by molar-refractivity contribution is -0.141. The zero-order chi connectivity index (χ0) is 12.2. The fraction of sp³-hybridized carbons (Fsp3) is 0.600. The first kappa shape index (κ1) is 12.7. The summed E-state index contributed by atoms with van der Waals surface area (Å²) in [6, 6.07) is 0.856. The van der Waals surface area contributed by atoms with Crippen LogP contribution in [0.25, 0.3) is 0 Å². The smallest absolute Gasteiger partial charge is 0.354 e. The van der Waals surface area contributed by atoms with Gasteiger partial charge in [-0.05, 0) is 12.0 Å². The van der Waals surface area contributed by atoms with Crippen molar-refractivity contribution in [2.24, 2.45) is 5.92 Å². The van der Waals surface area contributed by atoms with Gasteiger partial charge in [0.1, 0.15) is 5.69 Å². The molecule has 1 atom stereocenters. The van der Waals surface area contributed by atoms with Crippen LogP contribution in [0.5, 0.6) is 0 Å². The molecule has 0 aliphatic carbocycles. The van der Waals surface area contributed by atoms with Crippen molar-refractivity contribution in [1.29, 1.82) is 0 Å². The van der Waals surface area contributed by atoms with Gasteiger partial charge in [-0.2, -0.15) is 13.2 Å². The highest BCUT2D eigenvalue weighted by atomic mass is 19.4. The predicted octanol–water partition coefficient (Wildman–Crippen LogP) is 2.95. The summed E-state index contributed by atoms with van der Waals surface area (Å²) in [6.45, 7) is 4.58. The largest absolute Gasteiger partial charge is 0.433 e. The SMILES string of the molecule is CCC(C)CNc1nccc(C(F)(F)F)n1. The minimum atomic E-state index is -4.42. The lowest BCUT2D eigenvalue weighted by Crippen LogP contribution is -2.15. The van der Waals surface area contributed by atoms with E-state index in [2.05, 4.69) is 15.3 Å². The van der Waals surface area contributed by atoms with Crippen LogP contribution in [-0.2, 0) is 6.18 Å². The van der Waals surface area contributed by atoms with Gasteiger partial charge in [-0.1, -0.05) is 20.3 Å². The minimum absolute atomic E-state index is 0.0233. The van der Waals surface area contributed by atoms with Gasteiger partial charge in [0.25, 0.3) is 0 Å². The number of anilines is 1. The lowest BCUT2D eigenvalue weighted by atomic mass is 10.1. The molecule has 3 nitrogen and oxygen atoms in total. The molecule has 0 aromatic carbocycles. The molecular formula is C10H14F3N3. The average molecular weight is 233 g/mol. The lowest BCUT2D eigenvalue weighted by Gasteiger charge is -2.11. The zero-order valence-electron chi connectivity index (χ0n) is 9.17. The summed E-state index contributed by atoms with van der Waals surface area (Å²) in [5, 5.41) is 2.79. The van der Waals surface area contributed by atoms with E-state index in [0.29, 0.717) is 12.5 Å². The third-order valence-corrected chi connectivity index (χ3v) is 2.25. The number of hydrogen-bond acceptors (Lipinski definition) is 3. The number of rotatable bonds is 4. The van der Waals surface area contributed by atoms with Gasteiger partial charge in [0.15, 0.2) is 0 Å². The standard InChI is InChI=1S/C10H14F3N3/c1-3-7(2)6-15-9-14-5-4-8(16-9)10(11,12)13/h4-5,7H,3,6H2,1-2H3,(H,14,15,16). The maximum atomic E-state index is 12.3. The second-order valence-electron chi connectivity index (χ2n) is 3.66. The Kier molecular flexibility index (Phi) is 4.09. The molecule has 1 aromatic heterocycles. The highest BCUT2D eigenvalue weighted by Gasteiger charge is 2.32. The van der Waals surface area contributed by atoms with E-state index in [4.69, 9.17) is 0 Å². The van der Waals surface area contributed by atoms with Gasteiger partial charge >= 0.3 is 6.18 Å². The Morgan fingerprint density at radius 3 is 2.69 bits per heavy atom. The van der Waals surface area contributed by atoms with E-state index < -0.39 is 11.9 Å². The van der Waals surface area contributed by atoms with Crippen LogP contribution in [0.3, 0.4) is 0 Å². The Morgan fingerprint density at radius 2 is 2.12 bits per heavy atom. The van der Waals surface area contributed by atoms with Crippen molar-refractivity contribution in [3.63, 3.8) is 0 Å². The summed E-state index contributed by atoms with van der Waals surface area (Å²) in [6.07, 6.45) is -2.36. The first-order valence-corrected chi connectivity index (χ1v) is 5.07. The first-order valence-electron chi connectivity index (χ1n) is 5.07. The Hall–Kier alpha value is -1.33. The van der Waals surface area contributed by atoms with Crippen molar-refractivity contribution in [2.75, 3.05) is 11.9 Å². The third-order valence-electron chi connectivity index (χ3n) is 2.25. The maximum Gasteiger partial charge on any atom is 0.433 e. The number of hydrogen-bond donors (Lipinski definition) is 1. The summed E-state index contributed by atoms with van der Waals surface area (Å²) < 4.78 is 36.9. The molecule has 1 rings (SSSR count). The van der Waals surface area contributed by atoms with Crippen LogP contribution in [0.4, 0.5) is 19.1 Å². The Bertz CT molecular complexity index is 338. The van der Waals surface area contributed by atoms with Gasteiger partial charge in [-0.15, -0.1) is 0 Å². The molecule has 1 unspecified atom stereocenters. The second kappa shape index (κ2) is 5.14. The highest BCUT2D eigenvalue weighted by Crippen LogP contribution is 2.27. The molecule has 0 aliphatic heterocycles. The van der Waals surface area contributed by atoms with E-state index in [9.17, 15) is 13.2 Å². The van der Waals surface area contributed by atoms with Gasteiger partial charge in [-0.3, -0.25) is 0 Å². The van der Waals surface area contributed by atoms with Crippen LogP contribution in [0.1, 0.15) is 26.0 Å². The fourth-order valence-corrected chi connectivity index (χ4v) is 1.01. The van der Waals surface area contributed by atoms with Crippen LogP contribution in [0.15, 0.2) is 12.3 Å². The fourth-order valence-electron chi connectivity index (χ4n) is 1.01. The summed E-state index contributed by atoms with van der Waals surface area (Å²) in [7, 11) is 0. The molecule has 0 saturated carbocycles. The van der Waals surface area contributed by atoms with Gasteiger partial charge in [0, 0.05) is 12.7 Å². The summed E-state index contributed by atoms with van der Waals surface area (Å²) >= 11 is 0. The molecule has 0 amide bonds. The van der Waals surface area contributed by atoms with E-state index in [1.165, 1.54) is 0 Å². The number of halogens is 3. The van der Waals surface area contributed by atoms with Gasteiger partial charge in [0.2, 0.25) is 5.95 Å².